The summed E-state index contributed by atoms with van der Waals surface area (Å²) in [7, 11) is 3.35. The van der Waals surface area contributed by atoms with Crippen molar-refractivity contribution in [1.29, 1.82) is 0 Å². The molecule has 0 saturated carbocycles. The van der Waals surface area contributed by atoms with Crippen LogP contribution >= 0.6 is 27.5 Å². The number of benzene rings is 2. The van der Waals surface area contributed by atoms with E-state index in [-0.39, 0.29) is 11.9 Å². The molecular formula is C16H16BrClFNO. The maximum Gasteiger partial charge on any atom is 0.141 e. The van der Waals surface area contributed by atoms with Crippen molar-refractivity contribution >= 4 is 27.5 Å². The monoisotopic (exact) mass is 371 g/mol. The molecule has 0 fully saturated rings. The molecule has 5 heteroatoms. The summed E-state index contributed by atoms with van der Waals surface area (Å²) < 4.78 is 19.4. The minimum absolute atomic E-state index is 0.190. The molecule has 2 rings (SSSR count). The van der Waals surface area contributed by atoms with Crippen molar-refractivity contribution in [1.82, 2.24) is 5.32 Å². The third kappa shape index (κ3) is 3.39. The van der Waals surface area contributed by atoms with Crippen molar-refractivity contribution in [2.24, 2.45) is 0 Å². The van der Waals surface area contributed by atoms with E-state index < -0.39 is 0 Å². The molecule has 21 heavy (non-hydrogen) atoms. The number of rotatable bonds is 4. The topological polar surface area (TPSA) is 21.3 Å². The zero-order chi connectivity index (χ0) is 15.6. The first kappa shape index (κ1) is 16.3. The van der Waals surface area contributed by atoms with E-state index in [4.69, 9.17) is 16.3 Å². The lowest BCUT2D eigenvalue weighted by molar-refractivity contribution is 0.401. The van der Waals surface area contributed by atoms with Gasteiger partial charge in [-0.3, -0.25) is 0 Å². The van der Waals surface area contributed by atoms with Crippen LogP contribution in [0.4, 0.5) is 4.39 Å². The molecule has 0 bridgehead atoms. The molecule has 1 N–H and O–H groups in total. The van der Waals surface area contributed by atoms with E-state index in [1.54, 1.807) is 6.07 Å². The van der Waals surface area contributed by atoms with Gasteiger partial charge in [0.2, 0.25) is 0 Å². The largest absolute Gasteiger partial charge is 0.496 e. The Bertz CT molecular complexity index is 663. The van der Waals surface area contributed by atoms with Gasteiger partial charge in [0, 0.05) is 16.7 Å². The molecule has 112 valence electrons. The van der Waals surface area contributed by atoms with Crippen molar-refractivity contribution in [2.45, 2.75) is 13.0 Å². The van der Waals surface area contributed by atoms with Crippen molar-refractivity contribution in [2.75, 3.05) is 14.2 Å². The number of methoxy groups -OCH3 is 1. The van der Waals surface area contributed by atoms with Crippen molar-refractivity contribution < 1.29 is 9.13 Å². The van der Waals surface area contributed by atoms with E-state index in [2.05, 4.69) is 21.2 Å². The fraction of sp³-hybridized carbons (Fsp3) is 0.250. The van der Waals surface area contributed by atoms with E-state index in [0.29, 0.717) is 15.2 Å². The fourth-order valence-corrected chi connectivity index (χ4v) is 3.00. The molecule has 2 nitrogen and oxygen atoms in total. The average Bonchev–Trinajstić information content (AvgIpc) is 2.45. The van der Waals surface area contributed by atoms with Crippen LogP contribution in [0.3, 0.4) is 0 Å². The average molecular weight is 373 g/mol. The first-order chi connectivity index (χ1) is 9.97. The second-order valence-corrected chi connectivity index (χ2v) is 6.02. The van der Waals surface area contributed by atoms with Gasteiger partial charge in [-0.1, -0.05) is 23.7 Å². The Labute approximate surface area is 137 Å². The van der Waals surface area contributed by atoms with Crippen molar-refractivity contribution in [3.05, 3.63) is 62.3 Å². The summed E-state index contributed by atoms with van der Waals surface area (Å²) in [6.45, 7) is 1.99. The molecule has 0 aliphatic heterocycles. The highest BCUT2D eigenvalue weighted by Gasteiger charge is 2.21. The molecule has 0 amide bonds. The lowest BCUT2D eigenvalue weighted by Crippen LogP contribution is -2.19. The van der Waals surface area contributed by atoms with Crippen LogP contribution in [0.5, 0.6) is 5.75 Å². The zero-order valence-corrected chi connectivity index (χ0v) is 14.3. The number of ether oxygens (including phenoxy) is 1. The van der Waals surface area contributed by atoms with Crippen LogP contribution in [0.25, 0.3) is 0 Å². The standard InChI is InChI=1S/C16H16BrClFNO/c1-9-4-5-10(13(18)6-9)16(20-2)11-7-12(17)14(19)8-15(11)21-3/h4-8,16,20H,1-3H3. The van der Waals surface area contributed by atoms with E-state index in [0.717, 1.165) is 16.7 Å². The van der Waals surface area contributed by atoms with Crippen molar-refractivity contribution in [3.8, 4) is 5.75 Å². The van der Waals surface area contributed by atoms with Crippen LogP contribution in [-0.2, 0) is 0 Å². The third-order valence-electron chi connectivity index (χ3n) is 3.34. The van der Waals surface area contributed by atoms with Gasteiger partial charge in [0.25, 0.3) is 0 Å². The van der Waals surface area contributed by atoms with Crippen LogP contribution in [0, 0.1) is 12.7 Å². The molecule has 0 saturated heterocycles. The third-order valence-corrected chi connectivity index (χ3v) is 4.27. The Hall–Kier alpha value is -1.10. The summed E-state index contributed by atoms with van der Waals surface area (Å²) in [5.41, 5.74) is 2.83. The van der Waals surface area contributed by atoms with E-state index in [1.165, 1.54) is 13.2 Å². The first-order valence-electron chi connectivity index (χ1n) is 6.44. The zero-order valence-electron chi connectivity index (χ0n) is 12.0. The maximum absolute atomic E-state index is 13.7. The summed E-state index contributed by atoms with van der Waals surface area (Å²) in [6.07, 6.45) is 0. The van der Waals surface area contributed by atoms with Crippen LogP contribution in [0.15, 0.2) is 34.8 Å². The second kappa shape index (κ2) is 6.77. The minimum atomic E-state index is -0.361. The molecular weight excluding hydrogens is 357 g/mol. The Morgan fingerprint density at radius 3 is 2.52 bits per heavy atom. The minimum Gasteiger partial charge on any atom is -0.496 e. The summed E-state index contributed by atoms with van der Waals surface area (Å²) in [5.74, 6) is 0.118. The molecule has 2 aromatic carbocycles. The predicted molar refractivity (Wildman–Crippen MR) is 87.7 cm³/mol. The molecule has 0 aromatic heterocycles. The molecule has 0 aliphatic carbocycles. The molecule has 0 spiro atoms. The highest BCUT2D eigenvalue weighted by molar-refractivity contribution is 9.10. The highest BCUT2D eigenvalue weighted by Crippen LogP contribution is 2.36. The lowest BCUT2D eigenvalue weighted by Gasteiger charge is -2.21. The van der Waals surface area contributed by atoms with Crippen LogP contribution in [0.2, 0.25) is 5.02 Å². The van der Waals surface area contributed by atoms with Gasteiger partial charge in [0.1, 0.15) is 11.6 Å². The highest BCUT2D eigenvalue weighted by atomic mass is 79.9. The van der Waals surface area contributed by atoms with Gasteiger partial charge < -0.3 is 10.1 Å². The summed E-state index contributed by atoms with van der Waals surface area (Å²) >= 11 is 9.57. The lowest BCUT2D eigenvalue weighted by atomic mass is 9.97. The Kier molecular flexibility index (Phi) is 5.25. The van der Waals surface area contributed by atoms with Crippen LogP contribution < -0.4 is 10.1 Å². The quantitative estimate of drug-likeness (QED) is 0.827. The van der Waals surface area contributed by atoms with Gasteiger partial charge in [0.15, 0.2) is 0 Å². The molecule has 0 aliphatic rings. The SMILES string of the molecule is CNC(c1ccc(C)cc1Cl)c1cc(Br)c(F)cc1OC. The van der Waals surface area contributed by atoms with Crippen LogP contribution in [0.1, 0.15) is 22.7 Å². The summed E-state index contributed by atoms with van der Waals surface area (Å²) in [4.78, 5) is 0. The van der Waals surface area contributed by atoms with Gasteiger partial charge in [-0.2, -0.15) is 0 Å². The number of aryl methyl sites for hydroxylation is 1. The first-order valence-corrected chi connectivity index (χ1v) is 7.61. The number of halogens is 3. The second-order valence-electron chi connectivity index (χ2n) is 4.75. The molecule has 0 heterocycles. The predicted octanol–water partition coefficient (Wildman–Crippen LogP) is 4.87. The fourth-order valence-electron chi connectivity index (χ4n) is 2.29. The maximum atomic E-state index is 13.7. The van der Waals surface area contributed by atoms with E-state index in [1.807, 2.05) is 32.2 Å². The van der Waals surface area contributed by atoms with Gasteiger partial charge in [-0.25, -0.2) is 4.39 Å². The van der Waals surface area contributed by atoms with Gasteiger partial charge >= 0.3 is 0 Å². The Balaban J connectivity index is 2.58. The van der Waals surface area contributed by atoms with E-state index >= 15 is 0 Å². The summed E-state index contributed by atoms with van der Waals surface area (Å²) in [5, 5.41) is 3.87. The van der Waals surface area contributed by atoms with Crippen LogP contribution in [-0.4, -0.2) is 14.2 Å². The molecule has 1 atom stereocenters. The normalized spacial score (nSPS) is 12.3. The Morgan fingerprint density at radius 2 is 1.95 bits per heavy atom. The number of hydrogen-bond acceptors (Lipinski definition) is 2. The number of nitrogens with one attached hydrogen (secondary N) is 1. The van der Waals surface area contributed by atoms with Gasteiger partial charge in [-0.15, -0.1) is 0 Å². The summed E-state index contributed by atoms with van der Waals surface area (Å²) in [6, 6.07) is 8.76. The Morgan fingerprint density at radius 1 is 1.24 bits per heavy atom. The smallest absolute Gasteiger partial charge is 0.141 e. The number of hydrogen-bond donors (Lipinski definition) is 1. The molecule has 1 unspecified atom stereocenters. The van der Waals surface area contributed by atoms with Gasteiger partial charge in [0.05, 0.1) is 17.6 Å². The van der Waals surface area contributed by atoms with Gasteiger partial charge in [-0.05, 0) is 53.2 Å². The van der Waals surface area contributed by atoms with Crippen molar-refractivity contribution in [3.63, 3.8) is 0 Å². The van der Waals surface area contributed by atoms with E-state index in [9.17, 15) is 4.39 Å². The molecule has 2 aromatic rings. The molecule has 0 radical (unpaired) electrons.